The van der Waals surface area contributed by atoms with Gasteiger partial charge < -0.3 is 10.1 Å². The number of ether oxygens (including phenoxy) is 1. The topological polar surface area (TPSA) is 21.3 Å². The van der Waals surface area contributed by atoms with Gasteiger partial charge in [-0.1, -0.05) is 48.5 Å². The lowest BCUT2D eigenvalue weighted by Gasteiger charge is -2.31. The molecule has 2 nitrogen and oxygen atoms in total. The minimum atomic E-state index is 0.499. The molecule has 0 fully saturated rings. The number of nitrogens with one attached hydrogen (secondary N) is 1. The first-order valence-electron chi connectivity index (χ1n) is 7.78. The van der Waals surface area contributed by atoms with Crippen LogP contribution >= 0.6 is 0 Å². The summed E-state index contributed by atoms with van der Waals surface area (Å²) in [6.07, 6.45) is 3.37. The summed E-state index contributed by atoms with van der Waals surface area (Å²) >= 11 is 0. The third kappa shape index (κ3) is 3.45. The molecule has 110 valence electrons. The molecule has 0 saturated heterocycles. The molecule has 0 aromatic heterocycles. The normalized spacial score (nSPS) is 18.6. The van der Waals surface area contributed by atoms with Crippen LogP contribution in [0.5, 0.6) is 5.75 Å². The average Bonchev–Trinajstić information content (AvgIpc) is 2.56. The molecule has 1 aliphatic heterocycles. The van der Waals surface area contributed by atoms with Crippen LogP contribution in [0.15, 0.2) is 54.6 Å². The maximum atomic E-state index is 5.93. The van der Waals surface area contributed by atoms with Gasteiger partial charge in [-0.2, -0.15) is 0 Å². The molecule has 2 aromatic carbocycles. The van der Waals surface area contributed by atoms with Gasteiger partial charge in [0.25, 0.3) is 0 Å². The highest BCUT2D eigenvalue weighted by Gasteiger charge is 2.26. The fourth-order valence-corrected chi connectivity index (χ4v) is 3.19. The standard InChI is InChI=1S/C19H23NO/c1-20-18(12-11-15-7-3-2-4-8-15)17-13-16-9-5-6-10-19(16)21-14-17/h2-10,17-18,20H,11-14H2,1H3. The molecule has 0 aliphatic carbocycles. The van der Waals surface area contributed by atoms with Crippen molar-refractivity contribution in [3.05, 3.63) is 65.7 Å². The van der Waals surface area contributed by atoms with Crippen molar-refractivity contribution in [2.45, 2.75) is 25.3 Å². The van der Waals surface area contributed by atoms with Crippen molar-refractivity contribution in [2.75, 3.05) is 13.7 Å². The van der Waals surface area contributed by atoms with Crippen molar-refractivity contribution in [2.24, 2.45) is 5.92 Å². The van der Waals surface area contributed by atoms with E-state index in [1.54, 1.807) is 0 Å². The first-order chi connectivity index (χ1) is 10.4. The molecule has 0 bridgehead atoms. The first kappa shape index (κ1) is 14.2. The lowest BCUT2D eigenvalue weighted by molar-refractivity contribution is 0.183. The van der Waals surface area contributed by atoms with E-state index in [0.717, 1.165) is 31.6 Å². The number of rotatable bonds is 5. The van der Waals surface area contributed by atoms with Crippen molar-refractivity contribution in [1.29, 1.82) is 0 Å². The lowest BCUT2D eigenvalue weighted by Crippen LogP contribution is -2.40. The second-order valence-corrected chi connectivity index (χ2v) is 5.80. The van der Waals surface area contributed by atoms with E-state index in [-0.39, 0.29) is 0 Å². The van der Waals surface area contributed by atoms with Crippen molar-refractivity contribution < 1.29 is 4.74 Å². The summed E-state index contributed by atoms with van der Waals surface area (Å²) in [5, 5.41) is 3.49. The highest BCUT2D eigenvalue weighted by atomic mass is 16.5. The molecule has 0 saturated carbocycles. The molecule has 1 N–H and O–H groups in total. The fraction of sp³-hybridized carbons (Fsp3) is 0.368. The number of aryl methyl sites for hydroxylation is 1. The molecule has 1 heterocycles. The predicted molar refractivity (Wildman–Crippen MR) is 86.7 cm³/mol. The molecule has 2 aromatic rings. The van der Waals surface area contributed by atoms with Crippen LogP contribution in [0.4, 0.5) is 0 Å². The number of para-hydroxylation sites is 1. The van der Waals surface area contributed by atoms with Crippen LogP contribution in [0, 0.1) is 5.92 Å². The molecular formula is C19H23NO. The number of fused-ring (bicyclic) bond motifs is 1. The number of hydrogen-bond acceptors (Lipinski definition) is 2. The van der Waals surface area contributed by atoms with Crippen molar-refractivity contribution in [1.82, 2.24) is 5.32 Å². The van der Waals surface area contributed by atoms with Crippen molar-refractivity contribution in [3.8, 4) is 5.75 Å². The van der Waals surface area contributed by atoms with E-state index >= 15 is 0 Å². The third-order valence-electron chi connectivity index (χ3n) is 4.43. The van der Waals surface area contributed by atoms with Gasteiger partial charge in [0.05, 0.1) is 6.61 Å². The molecule has 2 heteroatoms. The Balaban J connectivity index is 1.62. The minimum absolute atomic E-state index is 0.499. The molecule has 2 unspecified atom stereocenters. The van der Waals surface area contributed by atoms with Crippen molar-refractivity contribution in [3.63, 3.8) is 0 Å². The van der Waals surface area contributed by atoms with Gasteiger partial charge >= 0.3 is 0 Å². The molecule has 0 radical (unpaired) electrons. The zero-order valence-electron chi connectivity index (χ0n) is 12.6. The Labute approximate surface area is 127 Å². The molecule has 0 spiro atoms. The minimum Gasteiger partial charge on any atom is -0.493 e. The largest absolute Gasteiger partial charge is 0.493 e. The lowest BCUT2D eigenvalue weighted by atomic mass is 9.87. The highest BCUT2D eigenvalue weighted by molar-refractivity contribution is 5.35. The van der Waals surface area contributed by atoms with Crippen LogP contribution in [0.25, 0.3) is 0 Å². The van der Waals surface area contributed by atoms with Gasteiger partial charge in [-0.05, 0) is 43.5 Å². The smallest absolute Gasteiger partial charge is 0.122 e. The zero-order chi connectivity index (χ0) is 14.5. The number of hydrogen-bond donors (Lipinski definition) is 1. The van der Waals surface area contributed by atoms with Gasteiger partial charge in [0.2, 0.25) is 0 Å². The maximum Gasteiger partial charge on any atom is 0.122 e. The Morgan fingerprint density at radius 2 is 1.86 bits per heavy atom. The fourth-order valence-electron chi connectivity index (χ4n) is 3.19. The molecular weight excluding hydrogens is 258 g/mol. The Bertz CT molecular complexity index is 567. The predicted octanol–water partition coefficient (Wildman–Crippen LogP) is 3.46. The summed E-state index contributed by atoms with van der Waals surface area (Å²) in [6.45, 7) is 0.817. The molecule has 1 aliphatic rings. The van der Waals surface area contributed by atoms with Crippen LogP contribution < -0.4 is 10.1 Å². The Morgan fingerprint density at radius 3 is 2.67 bits per heavy atom. The van der Waals surface area contributed by atoms with Gasteiger partial charge in [0.1, 0.15) is 5.75 Å². The first-order valence-corrected chi connectivity index (χ1v) is 7.78. The van der Waals surface area contributed by atoms with E-state index in [1.807, 2.05) is 6.07 Å². The molecule has 3 rings (SSSR count). The van der Waals surface area contributed by atoms with Gasteiger partial charge in [-0.15, -0.1) is 0 Å². The molecule has 21 heavy (non-hydrogen) atoms. The monoisotopic (exact) mass is 281 g/mol. The summed E-state index contributed by atoms with van der Waals surface area (Å²) in [5.74, 6) is 1.61. The van der Waals surface area contributed by atoms with Crippen LogP contribution in [0.1, 0.15) is 17.5 Å². The average molecular weight is 281 g/mol. The van der Waals surface area contributed by atoms with E-state index in [2.05, 4.69) is 60.9 Å². The number of benzene rings is 2. The van der Waals surface area contributed by atoms with Crippen LogP contribution in [0.2, 0.25) is 0 Å². The van der Waals surface area contributed by atoms with Crippen molar-refractivity contribution >= 4 is 0 Å². The van der Waals surface area contributed by atoms with Gasteiger partial charge in [0, 0.05) is 12.0 Å². The van der Waals surface area contributed by atoms with E-state index < -0.39 is 0 Å². The second kappa shape index (κ2) is 6.77. The summed E-state index contributed by atoms with van der Waals surface area (Å²) in [5.41, 5.74) is 2.75. The third-order valence-corrected chi connectivity index (χ3v) is 4.43. The van der Waals surface area contributed by atoms with E-state index in [4.69, 9.17) is 4.74 Å². The zero-order valence-corrected chi connectivity index (χ0v) is 12.6. The Kier molecular flexibility index (Phi) is 4.56. The summed E-state index contributed by atoms with van der Waals surface area (Å²) in [4.78, 5) is 0. The van der Waals surface area contributed by atoms with E-state index in [1.165, 1.54) is 11.1 Å². The quantitative estimate of drug-likeness (QED) is 0.906. The second-order valence-electron chi connectivity index (χ2n) is 5.80. The summed E-state index contributed by atoms with van der Waals surface area (Å²) < 4.78 is 5.93. The molecule has 0 amide bonds. The Hall–Kier alpha value is -1.80. The van der Waals surface area contributed by atoms with Crippen LogP contribution in [0.3, 0.4) is 0 Å². The summed E-state index contributed by atoms with van der Waals surface area (Å²) in [6, 6.07) is 19.6. The Morgan fingerprint density at radius 1 is 1.10 bits per heavy atom. The molecule has 2 atom stereocenters. The highest BCUT2D eigenvalue weighted by Crippen LogP contribution is 2.29. The maximum absolute atomic E-state index is 5.93. The van der Waals surface area contributed by atoms with Gasteiger partial charge in [-0.25, -0.2) is 0 Å². The van der Waals surface area contributed by atoms with Gasteiger partial charge in [0.15, 0.2) is 0 Å². The SMILES string of the molecule is CNC(CCc1ccccc1)C1COc2ccccc2C1. The summed E-state index contributed by atoms with van der Waals surface area (Å²) in [7, 11) is 2.07. The van der Waals surface area contributed by atoms with Gasteiger partial charge in [-0.3, -0.25) is 0 Å². The van der Waals surface area contributed by atoms with E-state index in [0.29, 0.717) is 12.0 Å². The van der Waals surface area contributed by atoms with E-state index in [9.17, 15) is 0 Å². The van der Waals surface area contributed by atoms with Crippen LogP contribution in [-0.2, 0) is 12.8 Å². The van der Waals surface area contributed by atoms with Crippen LogP contribution in [-0.4, -0.2) is 19.7 Å².